The van der Waals surface area contributed by atoms with Gasteiger partial charge in [0.2, 0.25) is 5.91 Å². The molecule has 1 amide bonds. The number of nitro groups is 1. The van der Waals surface area contributed by atoms with Gasteiger partial charge in [0.1, 0.15) is 0 Å². The summed E-state index contributed by atoms with van der Waals surface area (Å²) in [7, 11) is 0. The number of rotatable bonds is 7. The molecule has 1 N–H and O–H groups in total. The van der Waals surface area contributed by atoms with Gasteiger partial charge in [0.15, 0.2) is 0 Å². The summed E-state index contributed by atoms with van der Waals surface area (Å²) in [5.41, 5.74) is 0.399. The molecule has 2 rings (SSSR count). The maximum Gasteiger partial charge on any atom is 0.271 e. The van der Waals surface area contributed by atoms with Crippen LogP contribution in [-0.4, -0.2) is 16.6 Å². The SMILES string of the molecule is O=C(CCCSc1ccc(Cl)cc1)Nc1cccc([N+](=O)[O-])c1. The van der Waals surface area contributed by atoms with Gasteiger partial charge in [-0.05, 0) is 42.5 Å². The Morgan fingerprint density at radius 1 is 1.22 bits per heavy atom. The molecule has 0 aromatic heterocycles. The monoisotopic (exact) mass is 350 g/mol. The molecular formula is C16H15ClN2O3S. The normalized spacial score (nSPS) is 10.3. The fourth-order valence-electron chi connectivity index (χ4n) is 1.87. The predicted molar refractivity (Wildman–Crippen MR) is 93.1 cm³/mol. The minimum Gasteiger partial charge on any atom is -0.326 e. The molecule has 0 radical (unpaired) electrons. The van der Waals surface area contributed by atoms with Crippen LogP contribution in [0.1, 0.15) is 12.8 Å². The van der Waals surface area contributed by atoms with Crippen LogP contribution in [0.15, 0.2) is 53.4 Å². The second kappa shape index (κ2) is 8.55. The van der Waals surface area contributed by atoms with Gasteiger partial charge in [0.25, 0.3) is 5.69 Å². The standard InChI is InChI=1S/C16H15ClN2O3S/c17-12-6-8-15(9-7-12)23-10-2-5-16(20)18-13-3-1-4-14(11-13)19(21)22/h1,3-4,6-9,11H,2,5,10H2,(H,18,20). The van der Waals surface area contributed by atoms with Crippen molar-refractivity contribution in [1.82, 2.24) is 0 Å². The number of halogens is 1. The first-order valence-electron chi connectivity index (χ1n) is 6.97. The van der Waals surface area contributed by atoms with E-state index in [4.69, 9.17) is 11.6 Å². The van der Waals surface area contributed by atoms with Gasteiger partial charge in [-0.1, -0.05) is 17.7 Å². The summed E-state index contributed by atoms with van der Waals surface area (Å²) in [5.74, 6) is 0.659. The lowest BCUT2D eigenvalue weighted by Gasteiger charge is -2.05. The van der Waals surface area contributed by atoms with Gasteiger partial charge in [0, 0.05) is 34.2 Å². The van der Waals surface area contributed by atoms with E-state index in [0.29, 0.717) is 23.6 Å². The fourth-order valence-corrected chi connectivity index (χ4v) is 2.85. The van der Waals surface area contributed by atoms with Gasteiger partial charge in [-0.3, -0.25) is 14.9 Å². The average Bonchev–Trinajstić information content (AvgIpc) is 2.53. The van der Waals surface area contributed by atoms with Crippen molar-refractivity contribution in [2.45, 2.75) is 17.7 Å². The lowest BCUT2D eigenvalue weighted by molar-refractivity contribution is -0.384. The number of amides is 1. The van der Waals surface area contributed by atoms with Gasteiger partial charge < -0.3 is 5.32 Å². The Morgan fingerprint density at radius 3 is 2.65 bits per heavy atom. The van der Waals surface area contributed by atoms with E-state index in [1.807, 2.05) is 24.3 Å². The number of non-ortho nitro benzene ring substituents is 1. The molecule has 0 bridgehead atoms. The van der Waals surface area contributed by atoms with Gasteiger partial charge in [0.05, 0.1) is 4.92 Å². The third kappa shape index (κ3) is 5.92. The average molecular weight is 351 g/mol. The van der Waals surface area contributed by atoms with Crippen LogP contribution in [0.3, 0.4) is 0 Å². The molecular weight excluding hydrogens is 336 g/mol. The number of thioether (sulfide) groups is 1. The number of hydrogen-bond donors (Lipinski definition) is 1. The largest absolute Gasteiger partial charge is 0.326 e. The topological polar surface area (TPSA) is 72.2 Å². The zero-order valence-corrected chi connectivity index (χ0v) is 13.8. The molecule has 0 saturated carbocycles. The van der Waals surface area contributed by atoms with Crippen LogP contribution in [0.5, 0.6) is 0 Å². The van der Waals surface area contributed by atoms with Crippen LogP contribution in [-0.2, 0) is 4.79 Å². The molecule has 120 valence electrons. The van der Waals surface area contributed by atoms with Crippen LogP contribution in [0.25, 0.3) is 0 Å². The second-order valence-electron chi connectivity index (χ2n) is 4.76. The molecule has 0 aliphatic carbocycles. The summed E-state index contributed by atoms with van der Waals surface area (Å²) in [4.78, 5) is 23.1. The van der Waals surface area contributed by atoms with E-state index in [1.165, 1.54) is 12.1 Å². The predicted octanol–water partition coefficient (Wildman–Crippen LogP) is 4.76. The number of nitrogens with one attached hydrogen (secondary N) is 1. The van der Waals surface area contributed by atoms with Gasteiger partial charge in [-0.2, -0.15) is 0 Å². The Kier molecular flexibility index (Phi) is 6.43. The Balaban J connectivity index is 1.74. The number of hydrogen-bond acceptors (Lipinski definition) is 4. The van der Waals surface area contributed by atoms with E-state index < -0.39 is 4.92 Å². The molecule has 0 heterocycles. The summed E-state index contributed by atoms with van der Waals surface area (Å²) in [6.07, 6.45) is 1.08. The van der Waals surface area contributed by atoms with Crippen LogP contribution in [0.2, 0.25) is 5.02 Å². The zero-order chi connectivity index (χ0) is 16.7. The van der Waals surface area contributed by atoms with Gasteiger partial charge >= 0.3 is 0 Å². The molecule has 0 aliphatic heterocycles. The summed E-state index contributed by atoms with van der Waals surface area (Å²) in [6, 6.07) is 13.5. The molecule has 2 aromatic carbocycles. The van der Waals surface area contributed by atoms with Crippen molar-refractivity contribution in [2.24, 2.45) is 0 Å². The first-order chi connectivity index (χ1) is 11.0. The number of carbonyl (C=O) groups excluding carboxylic acids is 1. The number of anilines is 1. The van der Waals surface area contributed by atoms with E-state index in [0.717, 1.165) is 10.6 Å². The van der Waals surface area contributed by atoms with Crippen molar-refractivity contribution >= 4 is 40.6 Å². The Bertz CT molecular complexity index is 692. The fraction of sp³-hybridized carbons (Fsp3) is 0.188. The number of nitro benzene ring substituents is 1. The van der Waals surface area contributed by atoms with Crippen molar-refractivity contribution < 1.29 is 9.72 Å². The van der Waals surface area contributed by atoms with Crippen LogP contribution < -0.4 is 5.32 Å². The van der Waals surface area contributed by atoms with E-state index in [-0.39, 0.29) is 11.6 Å². The van der Waals surface area contributed by atoms with E-state index >= 15 is 0 Å². The number of nitrogens with zero attached hydrogens (tertiary/aromatic N) is 1. The molecule has 0 fully saturated rings. The number of benzene rings is 2. The van der Waals surface area contributed by atoms with Crippen molar-refractivity contribution in [3.63, 3.8) is 0 Å². The summed E-state index contributed by atoms with van der Waals surface area (Å²) in [5, 5.41) is 14.1. The molecule has 0 aliphatic rings. The second-order valence-corrected chi connectivity index (χ2v) is 6.37. The smallest absolute Gasteiger partial charge is 0.271 e. The van der Waals surface area contributed by atoms with E-state index in [2.05, 4.69) is 5.32 Å². The molecule has 2 aromatic rings. The highest BCUT2D eigenvalue weighted by Crippen LogP contribution is 2.22. The van der Waals surface area contributed by atoms with Crippen molar-refractivity contribution in [1.29, 1.82) is 0 Å². The quantitative estimate of drug-likeness (QED) is 0.338. The summed E-state index contributed by atoms with van der Waals surface area (Å²) >= 11 is 7.47. The number of carbonyl (C=O) groups is 1. The zero-order valence-electron chi connectivity index (χ0n) is 12.2. The van der Waals surface area contributed by atoms with E-state index in [1.54, 1.807) is 23.9 Å². The molecule has 7 heteroatoms. The van der Waals surface area contributed by atoms with Crippen molar-refractivity contribution in [2.75, 3.05) is 11.1 Å². The van der Waals surface area contributed by atoms with Crippen molar-refractivity contribution in [3.8, 4) is 0 Å². The third-order valence-corrected chi connectivity index (χ3v) is 4.32. The maximum absolute atomic E-state index is 11.8. The highest BCUT2D eigenvalue weighted by Gasteiger charge is 2.08. The van der Waals surface area contributed by atoms with Crippen molar-refractivity contribution in [3.05, 3.63) is 63.7 Å². The summed E-state index contributed by atoms with van der Waals surface area (Å²) < 4.78 is 0. The highest BCUT2D eigenvalue weighted by atomic mass is 35.5. The first kappa shape index (κ1) is 17.3. The van der Waals surface area contributed by atoms with Crippen LogP contribution in [0.4, 0.5) is 11.4 Å². The van der Waals surface area contributed by atoms with Crippen LogP contribution >= 0.6 is 23.4 Å². The Labute approximate surface area is 143 Å². The minimum atomic E-state index is -0.488. The molecule has 0 saturated heterocycles. The summed E-state index contributed by atoms with van der Waals surface area (Å²) in [6.45, 7) is 0. The molecule has 0 atom stereocenters. The Morgan fingerprint density at radius 2 is 1.96 bits per heavy atom. The molecule has 0 spiro atoms. The minimum absolute atomic E-state index is 0.0407. The lowest BCUT2D eigenvalue weighted by Crippen LogP contribution is -2.11. The molecule has 5 nitrogen and oxygen atoms in total. The van der Waals surface area contributed by atoms with E-state index in [9.17, 15) is 14.9 Å². The van der Waals surface area contributed by atoms with Gasteiger partial charge in [-0.25, -0.2) is 0 Å². The van der Waals surface area contributed by atoms with Gasteiger partial charge in [-0.15, -0.1) is 11.8 Å². The first-order valence-corrected chi connectivity index (χ1v) is 8.33. The Hall–Kier alpha value is -2.05. The highest BCUT2D eigenvalue weighted by molar-refractivity contribution is 7.99. The molecule has 0 unspecified atom stereocenters. The lowest BCUT2D eigenvalue weighted by atomic mass is 10.2. The van der Waals surface area contributed by atoms with Crippen LogP contribution in [0, 0.1) is 10.1 Å². The third-order valence-electron chi connectivity index (χ3n) is 2.97. The molecule has 23 heavy (non-hydrogen) atoms. The maximum atomic E-state index is 11.8.